The third-order valence-electron chi connectivity index (χ3n) is 2.45. The summed E-state index contributed by atoms with van der Waals surface area (Å²) in [7, 11) is 0. The van der Waals surface area contributed by atoms with Gasteiger partial charge in [-0.15, -0.1) is 0 Å². The van der Waals surface area contributed by atoms with Crippen LogP contribution in [0.15, 0.2) is 12.4 Å². The Kier molecular flexibility index (Phi) is 2.94. The monoisotopic (exact) mass is 180 g/mol. The average Bonchev–Trinajstić information content (AvgIpc) is 2.69. The Morgan fingerprint density at radius 2 is 2.31 bits per heavy atom. The van der Waals surface area contributed by atoms with Crippen molar-refractivity contribution >= 4 is 0 Å². The number of hydrogen-bond donors (Lipinski definition) is 3. The van der Waals surface area contributed by atoms with Crippen molar-refractivity contribution in [3.63, 3.8) is 0 Å². The van der Waals surface area contributed by atoms with Crippen molar-refractivity contribution in [2.75, 3.05) is 13.1 Å². The molecule has 4 nitrogen and oxygen atoms in total. The first kappa shape index (κ1) is 8.72. The maximum Gasteiger partial charge on any atom is 0.120 e. The van der Waals surface area contributed by atoms with Crippen LogP contribution in [0.2, 0.25) is 0 Å². The minimum atomic E-state index is 0.659. The van der Waals surface area contributed by atoms with E-state index in [1.54, 1.807) is 6.20 Å². The predicted octanol–water partition coefficient (Wildman–Crippen LogP) is 0.251. The zero-order valence-corrected chi connectivity index (χ0v) is 7.71. The molecule has 0 amide bonds. The van der Waals surface area contributed by atoms with Gasteiger partial charge in [0, 0.05) is 18.4 Å². The molecule has 0 aliphatic carbocycles. The number of hydrogen-bond acceptors (Lipinski definition) is 3. The molecule has 1 saturated heterocycles. The van der Waals surface area contributed by atoms with Crippen LogP contribution in [-0.2, 0) is 6.54 Å². The molecule has 0 atom stereocenters. The van der Waals surface area contributed by atoms with E-state index in [-0.39, 0.29) is 0 Å². The molecular formula is C9H16N4. The maximum absolute atomic E-state index is 4.17. The summed E-state index contributed by atoms with van der Waals surface area (Å²) in [5.74, 6) is 1.03. The number of nitrogens with one attached hydrogen (secondary N) is 3. The molecule has 0 spiro atoms. The van der Waals surface area contributed by atoms with Gasteiger partial charge in [-0.1, -0.05) is 0 Å². The lowest BCUT2D eigenvalue weighted by atomic mass is 10.1. The number of aromatic nitrogens is 2. The molecule has 2 heterocycles. The Labute approximate surface area is 78.1 Å². The zero-order chi connectivity index (χ0) is 8.93. The second kappa shape index (κ2) is 4.39. The Hall–Kier alpha value is -0.870. The molecule has 3 N–H and O–H groups in total. The zero-order valence-electron chi connectivity index (χ0n) is 7.71. The van der Waals surface area contributed by atoms with Crippen LogP contribution in [0.1, 0.15) is 18.7 Å². The highest BCUT2D eigenvalue weighted by atomic mass is 15.0. The van der Waals surface area contributed by atoms with Gasteiger partial charge in [0.05, 0.1) is 6.54 Å². The van der Waals surface area contributed by atoms with Gasteiger partial charge in [0.1, 0.15) is 5.82 Å². The second-order valence-electron chi connectivity index (χ2n) is 3.44. The Balaban J connectivity index is 1.72. The smallest absolute Gasteiger partial charge is 0.120 e. The molecule has 72 valence electrons. The SMILES string of the molecule is c1c[nH]c(CNC2CCNCC2)n1. The van der Waals surface area contributed by atoms with E-state index < -0.39 is 0 Å². The van der Waals surface area contributed by atoms with E-state index in [2.05, 4.69) is 20.6 Å². The molecule has 1 aliphatic rings. The Bertz CT molecular complexity index is 226. The molecule has 1 aromatic rings. The molecule has 0 bridgehead atoms. The van der Waals surface area contributed by atoms with E-state index >= 15 is 0 Å². The fourth-order valence-corrected chi connectivity index (χ4v) is 1.66. The van der Waals surface area contributed by atoms with Crippen molar-refractivity contribution in [3.8, 4) is 0 Å². The van der Waals surface area contributed by atoms with Crippen LogP contribution in [0.4, 0.5) is 0 Å². The summed E-state index contributed by atoms with van der Waals surface area (Å²) in [6.07, 6.45) is 6.10. The van der Waals surface area contributed by atoms with Gasteiger partial charge in [-0.2, -0.15) is 0 Å². The molecule has 0 saturated carbocycles. The fraction of sp³-hybridized carbons (Fsp3) is 0.667. The fourth-order valence-electron chi connectivity index (χ4n) is 1.66. The highest BCUT2D eigenvalue weighted by Crippen LogP contribution is 2.02. The third kappa shape index (κ3) is 2.54. The van der Waals surface area contributed by atoms with Gasteiger partial charge in [0.15, 0.2) is 0 Å². The van der Waals surface area contributed by atoms with Crippen molar-refractivity contribution in [2.24, 2.45) is 0 Å². The van der Waals surface area contributed by atoms with Gasteiger partial charge < -0.3 is 15.6 Å². The summed E-state index contributed by atoms with van der Waals surface area (Å²) in [6, 6.07) is 0.659. The first-order valence-electron chi connectivity index (χ1n) is 4.87. The lowest BCUT2D eigenvalue weighted by Gasteiger charge is -2.23. The molecule has 1 aromatic heterocycles. The van der Waals surface area contributed by atoms with Crippen molar-refractivity contribution in [2.45, 2.75) is 25.4 Å². The van der Waals surface area contributed by atoms with E-state index in [1.165, 1.54) is 12.8 Å². The summed E-state index contributed by atoms with van der Waals surface area (Å²) >= 11 is 0. The van der Waals surface area contributed by atoms with Gasteiger partial charge >= 0.3 is 0 Å². The van der Waals surface area contributed by atoms with Crippen LogP contribution < -0.4 is 10.6 Å². The predicted molar refractivity (Wildman–Crippen MR) is 51.3 cm³/mol. The minimum Gasteiger partial charge on any atom is -0.348 e. The van der Waals surface area contributed by atoms with Crippen molar-refractivity contribution < 1.29 is 0 Å². The van der Waals surface area contributed by atoms with E-state index in [4.69, 9.17) is 0 Å². The molecular weight excluding hydrogens is 164 g/mol. The van der Waals surface area contributed by atoms with Crippen LogP contribution in [0.5, 0.6) is 0 Å². The lowest BCUT2D eigenvalue weighted by molar-refractivity contribution is 0.383. The third-order valence-corrected chi connectivity index (χ3v) is 2.45. The summed E-state index contributed by atoms with van der Waals surface area (Å²) < 4.78 is 0. The Morgan fingerprint density at radius 1 is 1.46 bits per heavy atom. The molecule has 2 rings (SSSR count). The van der Waals surface area contributed by atoms with E-state index in [0.717, 1.165) is 25.5 Å². The molecule has 0 unspecified atom stereocenters. The van der Waals surface area contributed by atoms with Gasteiger partial charge in [-0.3, -0.25) is 0 Å². The average molecular weight is 180 g/mol. The van der Waals surface area contributed by atoms with Gasteiger partial charge in [-0.05, 0) is 25.9 Å². The van der Waals surface area contributed by atoms with Gasteiger partial charge in [0.25, 0.3) is 0 Å². The summed E-state index contributed by atoms with van der Waals surface area (Å²) in [6.45, 7) is 3.13. The quantitative estimate of drug-likeness (QED) is 0.625. The number of imidazole rings is 1. The topological polar surface area (TPSA) is 52.7 Å². The minimum absolute atomic E-state index is 0.659. The molecule has 0 aromatic carbocycles. The molecule has 13 heavy (non-hydrogen) atoms. The molecule has 0 radical (unpaired) electrons. The second-order valence-corrected chi connectivity index (χ2v) is 3.44. The number of aromatic amines is 1. The van der Waals surface area contributed by atoms with Crippen LogP contribution in [0, 0.1) is 0 Å². The van der Waals surface area contributed by atoms with Crippen LogP contribution in [0.25, 0.3) is 0 Å². The lowest BCUT2D eigenvalue weighted by Crippen LogP contribution is -2.39. The number of H-pyrrole nitrogens is 1. The van der Waals surface area contributed by atoms with E-state index in [1.807, 2.05) is 6.20 Å². The van der Waals surface area contributed by atoms with Crippen LogP contribution >= 0.6 is 0 Å². The molecule has 1 fully saturated rings. The van der Waals surface area contributed by atoms with Crippen molar-refractivity contribution in [3.05, 3.63) is 18.2 Å². The normalized spacial score (nSPS) is 19.1. The molecule has 1 aliphatic heterocycles. The summed E-state index contributed by atoms with van der Waals surface area (Å²) in [5, 5.41) is 6.83. The number of nitrogens with zero attached hydrogens (tertiary/aromatic N) is 1. The van der Waals surface area contributed by atoms with Crippen molar-refractivity contribution in [1.82, 2.24) is 20.6 Å². The largest absolute Gasteiger partial charge is 0.348 e. The first-order chi connectivity index (χ1) is 6.45. The van der Waals surface area contributed by atoms with Crippen molar-refractivity contribution in [1.29, 1.82) is 0 Å². The summed E-state index contributed by atoms with van der Waals surface area (Å²) in [5.41, 5.74) is 0. The van der Waals surface area contributed by atoms with Gasteiger partial charge in [-0.25, -0.2) is 4.98 Å². The standard InChI is InChI=1S/C9H16N4/c1-3-10-4-2-8(1)13-7-9-11-5-6-12-9/h5-6,8,10,13H,1-4,7H2,(H,11,12). The highest BCUT2D eigenvalue weighted by Gasteiger charge is 2.11. The first-order valence-corrected chi connectivity index (χ1v) is 4.87. The number of piperidine rings is 1. The van der Waals surface area contributed by atoms with E-state index in [9.17, 15) is 0 Å². The number of rotatable bonds is 3. The highest BCUT2D eigenvalue weighted by molar-refractivity contribution is 4.87. The van der Waals surface area contributed by atoms with E-state index in [0.29, 0.717) is 6.04 Å². The van der Waals surface area contributed by atoms with Gasteiger partial charge in [0.2, 0.25) is 0 Å². The van der Waals surface area contributed by atoms with Crippen LogP contribution in [-0.4, -0.2) is 29.1 Å². The summed E-state index contributed by atoms with van der Waals surface area (Å²) in [4.78, 5) is 7.25. The molecule has 4 heteroatoms. The Morgan fingerprint density at radius 3 is 3.00 bits per heavy atom. The maximum atomic E-state index is 4.17. The van der Waals surface area contributed by atoms with Crippen LogP contribution in [0.3, 0.4) is 0 Å².